The molecule has 0 aliphatic heterocycles. The van der Waals surface area contributed by atoms with Crippen LogP contribution in [-0.2, 0) is 14.3 Å². The van der Waals surface area contributed by atoms with Crippen molar-refractivity contribution in [1.29, 1.82) is 0 Å². The van der Waals surface area contributed by atoms with E-state index in [1.165, 1.54) is 4.90 Å². The largest absolute Gasteiger partial charge is 0.444 e. The Labute approximate surface area is 131 Å². The standard InChI is InChI=1S/C15H27N3O4/c1-10(18(5)14(21)22-15(2,3)4)9-12(19)16-17-13(20)11-7-6-8-11/h10-11H,6-9H2,1-5H3,(H,16,19)(H,17,20). The molecule has 22 heavy (non-hydrogen) atoms. The molecule has 0 aromatic carbocycles. The SMILES string of the molecule is CC(CC(=O)NNC(=O)C1CCC1)N(C)C(=O)OC(C)(C)C. The molecule has 1 saturated carbocycles. The van der Waals surface area contributed by atoms with E-state index >= 15 is 0 Å². The maximum absolute atomic E-state index is 11.9. The molecule has 1 unspecified atom stereocenters. The maximum atomic E-state index is 11.9. The average molecular weight is 313 g/mol. The molecule has 0 saturated heterocycles. The van der Waals surface area contributed by atoms with Gasteiger partial charge in [0.1, 0.15) is 5.60 Å². The van der Waals surface area contributed by atoms with E-state index in [1.807, 2.05) is 0 Å². The third-order valence-electron chi connectivity index (χ3n) is 3.62. The summed E-state index contributed by atoms with van der Waals surface area (Å²) in [6.45, 7) is 7.10. The van der Waals surface area contributed by atoms with Crippen molar-refractivity contribution in [2.24, 2.45) is 5.92 Å². The summed E-state index contributed by atoms with van der Waals surface area (Å²) < 4.78 is 5.24. The Morgan fingerprint density at radius 2 is 1.82 bits per heavy atom. The van der Waals surface area contributed by atoms with E-state index in [4.69, 9.17) is 4.74 Å². The minimum absolute atomic E-state index is 0.0159. The molecular formula is C15H27N3O4. The zero-order chi connectivity index (χ0) is 16.9. The van der Waals surface area contributed by atoms with Crippen LogP contribution in [0.3, 0.4) is 0 Å². The van der Waals surface area contributed by atoms with Crippen LogP contribution < -0.4 is 10.9 Å². The summed E-state index contributed by atoms with van der Waals surface area (Å²) in [4.78, 5) is 36.7. The minimum atomic E-state index is -0.579. The van der Waals surface area contributed by atoms with E-state index in [9.17, 15) is 14.4 Å². The summed E-state index contributed by atoms with van der Waals surface area (Å²) in [6, 6.07) is -0.338. The van der Waals surface area contributed by atoms with Gasteiger partial charge in [0.2, 0.25) is 11.8 Å². The van der Waals surface area contributed by atoms with Gasteiger partial charge in [-0.2, -0.15) is 0 Å². The van der Waals surface area contributed by atoms with Gasteiger partial charge in [0, 0.05) is 25.4 Å². The van der Waals surface area contributed by atoms with E-state index < -0.39 is 11.7 Å². The lowest BCUT2D eigenvalue weighted by Crippen LogP contribution is -2.48. The first-order valence-electron chi connectivity index (χ1n) is 7.64. The summed E-state index contributed by atoms with van der Waals surface area (Å²) in [7, 11) is 1.58. The molecule has 1 aliphatic carbocycles. The molecule has 1 atom stereocenters. The number of ether oxygens (including phenoxy) is 1. The van der Waals surface area contributed by atoms with Crippen molar-refractivity contribution < 1.29 is 19.1 Å². The van der Waals surface area contributed by atoms with E-state index in [0.29, 0.717) is 0 Å². The maximum Gasteiger partial charge on any atom is 0.410 e. The molecule has 0 aromatic rings. The fourth-order valence-electron chi connectivity index (χ4n) is 1.87. The molecule has 0 aromatic heterocycles. The highest BCUT2D eigenvalue weighted by Crippen LogP contribution is 2.25. The van der Waals surface area contributed by atoms with E-state index in [-0.39, 0.29) is 30.2 Å². The highest BCUT2D eigenvalue weighted by atomic mass is 16.6. The molecule has 0 bridgehead atoms. The summed E-state index contributed by atoms with van der Waals surface area (Å²) in [5.74, 6) is -0.467. The first kappa shape index (κ1) is 18.3. The number of hydrazine groups is 1. The number of carbonyl (C=O) groups excluding carboxylic acids is 3. The molecule has 1 fully saturated rings. The number of nitrogens with zero attached hydrogens (tertiary/aromatic N) is 1. The molecule has 0 radical (unpaired) electrons. The highest BCUT2D eigenvalue weighted by molar-refractivity contribution is 5.84. The molecule has 2 N–H and O–H groups in total. The quantitative estimate of drug-likeness (QED) is 0.771. The zero-order valence-electron chi connectivity index (χ0n) is 14.1. The van der Waals surface area contributed by atoms with Gasteiger partial charge in [-0.05, 0) is 40.5 Å². The lowest BCUT2D eigenvalue weighted by atomic mass is 9.85. The third-order valence-corrected chi connectivity index (χ3v) is 3.62. The smallest absolute Gasteiger partial charge is 0.410 e. The van der Waals surface area contributed by atoms with Gasteiger partial charge in [0.15, 0.2) is 0 Å². The Morgan fingerprint density at radius 3 is 2.27 bits per heavy atom. The lowest BCUT2D eigenvalue weighted by molar-refractivity contribution is -0.133. The second-order valence-electron chi connectivity index (χ2n) is 6.81. The van der Waals surface area contributed by atoms with Crippen LogP contribution in [0, 0.1) is 5.92 Å². The topological polar surface area (TPSA) is 87.7 Å². The number of nitrogens with one attached hydrogen (secondary N) is 2. The van der Waals surface area contributed by atoms with Crippen molar-refractivity contribution >= 4 is 17.9 Å². The van der Waals surface area contributed by atoms with Crippen LogP contribution in [0.1, 0.15) is 53.4 Å². The second kappa shape index (κ2) is 7.47. The Balaban J connectivity index is 2.32. The zero-order valence-corrected chi connectivity index (χ0v) is 14.1. The van der Waals surface area contributed by atoms with Crippen molar-refractivity contribution in [3.8, 4) is 0 Å². The van der Waals surface area contributed by atoms with Crippen molar-refractivity contribution in [3.63, 3.8) is 0 Å². The van der Waals surface area contributed by atoms with E-state index in [2.05, 4.69) is 10.9 Å². The van der Waals surface area contributed by atoms with Crippen LogP contribution >= 0.6 is 0 Å². The average Bonchev–Trinajstić information content (AvgIpc) is 2.31. The molecule has 1 rings (SSSR count). The molecule has 1 aliphatic rings. The molecule has 3 amide bonds. The van der Waals surface area contributed by atoms with E-state index in [0.717, 1.165) is 19.3 Å². The summed E-state index contributed by atoms with van der Waals surface area (Å²) >= 11 is 0. The van der Waals surface area contributed by atoms with Crippen LogP contribution in [0.4, 0.5) is 4.79 Å². The normalized spacial score (nSPS) is 16.2. The van der Waals surface area contributed by atoms with Gasteiger partial charge < -0.3 is 9.64 Å². The Bertz CT molecular complexity index is 427. The van der Waals surface area contributed by atoms with Crippen molar-refractivity contribution in [2.75, 3.05) is 7.05 Å². The van der Waals surface area contributed by atoms with Gasteiger partial charge in [-0.25, -0.2) is 4.79 Å². The second-order valence-corrected chi connectivity index (χ2v) is 6.81. The number of hydrogen-bond acceptors (Lipinski definition) is 4. The van der Waals surface area contributed by atoms with Crippen molar-refractivity contribution in [3.05, 3.63) is 0 Å². The predicted octanol–water partition coefficient (Wildman–Crippen LogP) is 1.58. The Kier molecular flexibility index (Phi) is 6.20. The van der Waals surface area contributed by atoms with E-state index in [1.54, 1.807) is 34.7 Å². The number of rotatable bonds is 4. The van der Waals surface area contributed by atoms with Gasteiger partial charge in [-0.3, -0.25) is 20.4 Å². The highest BCUT2D eigenvalue weighted by Gasteiger charge is 2.26. The van der Waals surface area contributed by atoms with Gasteiger partial charge in [0.25, 0.3) is 0 Å². The summed E-state index contributed by atoms with van der Waals surface area (Å²) in [5, 5.41) is 0. The van der Waals surface area contributed by atoms with Crippen molar-refractivity contribution in [1.82, 2.24) is 15.8 Å². The fourth-order valence-corrected chi connectivity index (χ4v) is 1.87. The van der Waals surface area contributed by atoms with Gasteiger partial charge in [-0.15, -0.1) is 0 Å². The lowest BCUT2D eigenvalue weighted by Gasteiger charge is -2.28. The minimum Gasteiger partial charge on any atom is -0.444 e. The third kappa shape index (κ3) is 5.91. The fraction of sp³-hybridized carbons (Fsp3) is 0.800. The number of amides is 3. The molecule has 7 heteroatoms. The first-order valence-corrected chi connectivity index (χ1v) is 7.64. The van der Waals surface area contributed by atoms with Crippen LogP contribution in [0.15, 0.2) is 0 Å². The van der Waals surface area contributed by atoms with Gasteiger partial charge in [0.05, 0.1) is 0 Å². The van der Waals surface area contributed by atoms with Crippen LogP contribution in [0.2, 0.25) is 0 Å². The van der Waals surface area contributed by atoms with Gasteiger partial charge in [-0.1, -0.05) is 6.42 Å². The summed E-state index contributed by atoms with van der Waals surface area (Å²) in [6.07, 6.45) is 2.41. The Morgan fingerprint density at radius 1 is 1.23 bits per heavy atom. The molecule has 0 spiro atoms. The molecule has 7 nitrogen and oxygen atoms in total. The first-order chi connectivity index (χ1) is 10.1. The predicted molar refractivity (Wildman–Crippen MR) is 81.7 cm³/mol. The van der Waals surface area contributed by atoms with Gasteiger partial charge >= 0.3 is 6.09 Å². The molecule has 126 valence electrons. The molecular weight excluding hydrogens is 286 g/mol. The number of carbonyl (C=O) groups is 3. The summed E-state index contributed by atoms with van der Waals surface area (Å²) in [5.41, 5.74) is 4.23. The van der Waals surface area contributed by atoms with Crippen molar-refractivity contribution in [2.45, 2.75) is 65.0 Å². The monoisotopic (exact) mass is 313 g/mol. The van der Waals surface area contributed by atoms with Crippen LogP contribution in [-0.4, -0.2) is 41.5 Å². The molecule has 0 heterocycles. The van der Waals surface area contributed by atoms with Crippen LogP contribution in [0.5, 0.6) is 0 Å². The Hall–Kier alpha value is -1.79. The number of hydrogen-bond donors (Lipinski definition) is 2. The van der Waals surface area contributed by atoms with Crippen LogP contribution in [0.25, 0.3) is 0 Å².